The maximum absolute atomic E-state index is 6.15. The van der Waals surface area contributed by atoms with E-state index in [1.54, 1.807) is 12.4 Å². The summed E-state index contributed by atoms with van der Waals surface area (Å²) < 4.78 is 5.79. The third kappa shape index (κ3) is 2.34. The predicted molar refractivity (Wildman–Crippen MR) is 75.1 cm³/mol. The van der Waals surface area contributed by atoms with E-state index in [-0.39, 0.29) is 5.41 Å². The molecule has 1 aromatic rings. The van der Waals surface area contributed by atoms with Gasteiger partial charge >= 0.3 is 0 Å². The van der Waals surface area contributed by atoms with Gasteiger partial charge in [-0.25, -0.2) is 0 Å². The van der Waals surface area contributed by atoms with Gasteiger partial charge in [0.05, 0.1) is 23.0 Å². The highest BCUT2D eigenvalue weighted by molar-refractivity contribution is 6.33. The van der Waals surface area contributed by atoms with Crippen LogP contribution in [0.15, 0.2) is 18.5 Å². The Labute approximate surface area is 114 Å². The highest BCUT2D eigenvalue weighted by atomic mass is 35.5. The fourth-order valence-corrected chi connectivity index (χ4v) is 2.80. The molecule has 0 bridgehead atoms. The Hall–Kier alpha value is -0.800. The van der Waals surface area contributed by atoms with Crippen LogP contribution in [0.5, 0.6) is 0 Å². The van der Waals surface area contributed by atoms with Crippen molar-refractivity contribution in [2.45, 2.75) is 45.8 Å². The highest BCUT2D eigenvalue weighted by Crippen LogP contribution is 2.47. The lowest BCUT2D eigenvalue weighted by Crippen LogP contribution is -2.59. The van der Waals surface area contributed by atoms with Crippen LogP contribution in [-0.4, -0.2) is 23.7 Å². The summed E-state index contributed by atoms with van der Waals surface area (Å²) in [6.07, 6.45) is 5.96. The van der Waals surface area contributed by atoms with Gasteiger partial charge in [-0.2, -0.15) is 0 Å². The molecule has 3 atom stereocenters. The fraction of sp³-hybridized carbons (Fsp3) is 0.643. The van der Waals surface area contributed by atoms with Crippen LogP contribution in [0.4, 0.5) is 5.69 Å². The maximum Gasteiger partial charge on any atom is 0.0718 e. The largest absolute Gasteiger partial charge is 0.379 e. The summed E-state index contributed by atoms with van der Waals surface area (Å²) in [7, 11) is 0. The topological polar surface area (TPSA) is 34.1 Å². The minimum Gasteiger partial charge on any atom is -0.379 e. The van der Waals surface area contributed by atoms with Crippen molar-refractivity contribution in [3.05, 3.63) is 23.5 Å². The first-order chi connectivity index (χ1) is 8.61. The Balaban J connectivity index is 2.06. The van der Waals surface area contributed by atoms with Crippen LogP contribution in [0.1, 0.15) is 33.6 Å². The molecule has 0 saturated heterocycles. The van der Waals surface area contributed by atoms with Gasteiger partial charge in [0, 0.05) is 24.3 Å². The lowest BCUT2D eigenvalue weighted by atomic mass is 9.61. The standard InChI is InChI=1S/C14H21ClN2O/c1-4-14(3)12(8-13(14)18-5-2)17-11-9-16-7-6-10(11)15/h6-7,9,12-13,17H,4-5,8H2,1-3H3. The number of rotatable bonds is 5. The molecule has 1 aromatic heterocycles. The molecule has 0 radical (unpaired) electrons. The third-order valence-electron chi connectivity index (χ3n) is 4.21. The summed E-state index contributed by atoms with van der Waals surface area (Å²) in [5.74, 6) is 0. The number of nitrogens with zero attached hydrogens (tertiary/aromatic N) is 1. The summed E-state index contributed by atoms with van der Waals surface area (Å²) in [6, 6.07) is 2.21. The summed E-state index contributed by atoms with van der Waals surface area (Å²) in [5, 5.41) is 4.23. The first-order valence-electron chi connectivity index (χ1n) is 6.59. The van der Waals surface area contributed by atoms with E-state index in [0.717, 1.165) is 30.2 Å². The van der Waals surface area contributed by atoms with Gasteiger partial charge in [-0.15, -0.1) is 0 Å². The first-order valence-corrected chi connectivity index (χ1v) is 6.97. The van der Waals surface area contributed by atoms with Crippen LogP contribution in [0, 0.1) is 5.41 Å². The van der Waals surface area contributed by atoms with Crippen LogP contribution in [0.3, 0.4) is 0 Å². The van der Waals surface area contributed by atoms with Crippen molar-refractivity contribution >= 4 is 17.3 Å². The fourth-order valence-electron chi connectivity index (χ4n) is 2.65. The van der Waals surface area contributed by atoms with Gasteiger partial charge in [0.2, 0.25) is 0 Å². The Morgan fingerprint density at radius 3 is 2.94 bits per heavy atom. The zero-order valence-corrected chi connectivity index (χ0v) is 12.0. The summed E-state index contributed by atoms with van der Waals surface area (Å²) >= 11 is 6.15. The zero-order valence-electron chi connectivity index (χ0n) is 11.2. The molecule has 100 valence electrons. The van der Waals surface area contributed by atoms with Crippen molar-refractivity contribution in [1.29, 1.82) is 0 Å². The number of nitrogens with one attached hydrogen (secondary N) is 1. The van der Waals surface area contributed by atoms with E-state index < -0.39 is 0 Å². The van der Waals surface area contributed by atoms with Crippen molar-refractivity contribution in [2.75, 3.05) is 11.9 Å². The lowest BCUT2D eigenvalue weighted by molar-refractivity contribution is -0.109. The van der Waals surface area contributed by atoms with Gasteiger partial charge in [-0.05, 0) is 25.8 Å². The normalized spacial score (nSPS) is 30.9. The molecular formula is C14H21ClN2O. The molecule has 0 amide bonds. The molecule has 3 unspecified atom stereocenters. The molecule has 1 N–H and O–H groups in total. The first kappa shape index (κ1) is 13.6. The molecule has 1 saturated carbocycles. The van der Waals surface area contributed by atoms with Crippen molar-refractivity contribution in [1.82, 2.24) is 4.98 Å². The zero-order chi connectivity index (χ0) is 13.2. The van der Waals surface area contributed by atoms with Crippen molar-refractivity contribution in [2.24, 2.45) is 5.41 Å². The Bertz CT molecular complexity index is 413. The highest BCUT2D eigenvalue weighted by Gasteiger charge is 2.51. The predicted octanol–water partition coefficient (Wildman–Crippen LogP) is 3.74. The minimum atomic E-state index is 0.176. The van der Waals surface area contributed by atoms with E-state index in [4.69, 9.17) is 16.3 Å². The monoisotopic (exact) mass is 268 g/mol. The lowest BCUT2D eigenvalue weighted by Gasteiger charge is -2.53. The second kappa shape index (κ2) is 5.45. The molecule has 3 nitrogen and oxygen atoms in total. The van der Waals surface area contributed by atoms with Gasteiger partial charge in [-0.3, -0.25) is 4.98 Å². The van der Waals surface area contributed by atoms with E-state index in [2.05, 4.69) is 31.1 Å². The maximum atomic E-state index is 6.15. The summed E-state index contributed by atoms with van der Waals surface area (Å²) in [6.45, 7) is 7.32. The smallest absolute Gasteiger partial charge is 0.0718 e. The van der Waals surface area contributed by atoms with Gasteiger partial charge in [0.15, 0.2) is 0 Å². The van der Waals surface area contributed by atoms with Crippen LogP contribution in [0.2, 0.25) is 5.02 Å². The van der Waals surface area contributed by atoms with Gasteiger partial charge in [-0.1, -0.05) is 25.4 Å². The molecule has 0 aromatic carbocycles. The third-order valence-corrected chi connectivity index (χ3v) is 4.54. The number of ether oxygens (including phenoxy) is 1. The van der Waals surface area contributed by atoms with Crippen LogP contribution < -0.4 is 5.32 Å². The molecule has 1 aliphatic rings. The number of halogens is 1. The number of hydrogen-bond donors (Lipinski definition) is 1. The molecule has 0 spiro atoms. The number of anilines is 1. The van der Waals surface area contributed by atoms with Gasteiger partial charge < -0.3 is 10.1 Å². The summed E-state index contributed by atoms with van der Waals surface area (Å²) in [4.78, 5) is 4.11. The van der Waals surface area contributed by atoms with Gasteiger partial charge in [0.25, 0.3) is 0 Å². The Kier molecular flexibility index (Phi) is 4.13. The molecule has 4 heteroatoms. The number of hydrogen-bond acceptors (Lipinski definition) is 3. The molecular weight excluding hydrogens is 248 g/mol. The molecule has 0 aliphatic heterocycles. The van der Waals surface area contributed by atoms with E-state index in [0.29, 0.717) is 12.1 Å². The quantitative estimate of drug-likeness (QED) is 0.883. The van der Waals surface area contributed by atoms with Crippen LogP contribution >= 0.6 is 11.6 Å². The summed E-state index contributed by atoms with van der Waals surface area (Å²) in [5.41, 5.74) is 1.09. The molecule has 1 heterocycles. The minimum absolute atomic E-state index is 0.176. The Morgan fingerprint density at radius 2 is 2.33 bits per heavy atom. The second-order valence-electron chi connectivity index (χ2n) is 5.09. The molecule has 1 aliphatic carbocycles. The number of pyridine rings is 1. The average Bonchev–Trinajstić information content (AvgIpc) is 2.38. The molecule has 18 heavy (non-hydrogen) atoms. The van der Waals surface area contributed by atoms with E-state index in [9.17, 15) is 0 Å². The Morgan fingerprint density at radius 1 is 1.56 bits per heavy atom. The van der Waals surface area contributed by atoms with Crippen molar-refractivity contribution < 1.29 is 4.74 Å². The van der Waals surface area contributed by atoms with Crippen molar-refractivity contribution in [3.8, 4) is 0 Å². The van der Waals surface area contributed by atoms with Crippen LogP contribution in [-0.2, 0) is 4.74 Å². The van der Waals surface area contributed by atoms with Crippen LogP contribution in [0.25, 0.3) is 0 Å². The SMILES string of the molecule is CCOC1CC(Nc2cnccc2Cl)C1(C)CC. The molecule has 1 fully saturated rings. The number of aromatic nitrogens is 1. The van der Waals surface area contributed by atoms with Crippen molar-refractivity contribution in [3.63, 3.8) is 0 Å². The second-order valence-corrected chi connectivity index (χ2v) is 5.50. The van der Waals surface area contributed by atoms with E-state index in [1.807, 2.05) is 6.07 Å². The van der Waals surface area contributed by atoms with Gasteiger partial charge in [0.1, 0.15) is 0 Å². The average molecular weight is 269 g/mol. The van der Waals surface area contributed by atoms with E-state index in [1.165, 1.54) is 0 Å². The van der Waals surface area contributed by atoms with E-state index >= 15 is 0 Å². The molecule has 2 rings (SSSR count).